The Morgan fingerprint density at radius 3 is 2.59 bits per heavy atom. The zero-order valence-electron chi connectivity index (χ0n) is 16.1. The standard InChI is InChI=1S/C20H13F3N4O4S/c21-20(22,23)14-4-12(6-25-15(14)5-24)26-17(29)19(8-30-9-19)27(18(26)32)11-1-2-13-10(3-11)7-31-16(13)28/h1-4,6,18,32H,7-9H2. The Bertz CT molecular complexity index is 1210. The number of esters is 1. The van der Waals surface area contributed by atoms with Gasteiger partial charge in [0.2, 0.25) is 0 Å². The van der Waals surface area contributed by atoms with Crippen molar-refractivity contribution in [3.8, 4) is 6.07 Å². The number of anilines is 2. The second-order valence-electron chi connectivity index (χ2n) is 7.53. The van der Waals surface area contributed by atoms with E-state index in [-0.39, 0.29) is 25.5 Å². The van der Waals surface area contributed by atoms with Gasteiger partial charge in [-0.3, -0.25) is 9.69 Å². The lowest BCUT2D eigenvalue weighted by Crippen LogP contribution is -2.64. The topological polar surface area (TPSA) is 95.8 Å². The number of nitrogens with zero attached hydrogens (tertiary/aromatic N) is 4. The molecule has 2 aromatic rings. The number of pyridine rings is 1. The van der Waals surface area contributed by atoms with Crippen LogP contribution in [0.25, 0.3) is 0 Å². The molecule has 1 aromatic heterocycles. The van der Waals surface area contributed by atoms with E-state index in [0.717, 1.165) is 17.2 Å². The molecule has 8 nitrogen and oxygen atoms in total. The van der Waals surface area contributed by atoms with Crippen molar-refractivity contribution in [1.82, 2.24) is 4.98 Å². The number of amides is 1. The Balaban J connectivity index is 1.59. The summed E-state index contributed by atoms with van der Waals surface area (Å²) < 4.78 is 50.6. The summed E-state index contributed by atoms with van der Waals surface area (Å²) in [5.41, 5.74) is -2.74. The third-order valence-corrected chi connectivity index (χ3v) is 6.19. The van der Waals surface area contributed by atoms with Crippen LogP contribution < -0.4 is 9.80 Å². The van der Waals surface area contributed by atoms with E-state index in [4.69, 9.17) is 14.7 Å². The minimum Gasteiger partial charge on any atom is -0.457 e. The molecule has 3 aliphatic heterocycles. The number of halogens is 3. The van der Waals surface area contributed by atoms with Gasteiger partial charge < -0.3 is 14.4 Å². The molecule has 3 aliphatic rings. The largest absolute Gasteiger partial charge is 0.457 e. The van der Waals surface area contributed by atoms with Crippen LogP contribution in [0.15, 0.2) is 30.5 Å². The van der Waals surface area contributed by atoms with E-state index >= 15 is 0 Å². The fraction of sp³-hybridized carbons (Fsp3) is 0.300. The number of benzene rings is 1. The van der Waals surface area contributed by atoms with Crippen LogP contribution in [0, 0.1) is 11.3 Å². The molecule has 2 fully saturated rings. The molecule has 0 N–H and O–H groups in total. The number of alkyl halides is 3. The predicted molar refractivity (Wildman–Crippen MR) is 106 cm³/mol. The summed E-state index contributed by atoms with van der Waals surface area (Å²) in [6.07, 6.45) is -3.78. The maximum absolute atomic E-state index is 13.4. The average Bonchev–Trinajstić information content (AvgIpc) is 3.20. The maximum atomic E-state index is 13.4. The first-order valence-electron chi connectivity index (χ1n) is 9.33. The van der Waals surface area contributed by atoms with Crippen molar-refractivity contribution in [1.29, 1.82) is 5.26 Å². The number of fused-ring (bicyclic) bond motifs is 1. The van der Waals surface area contributed by atoms with Crippen molar-refractivity contribution < 1.29 is 32.2 Å². The van der Waals surface area contributed by atoms with Crippen molar-refractivity contribution in [2.75, 3.05) is 23.0 Å². The monoisotopic (exact) mass is 462 g/mol. The minimum absolute atomic E-state index is 0.0156. The Kier molecular flexibility index (Phi) is 4.41. The van der Waals surface area contributed by atoms with E-state index in [9.17, 15) is 22.8 Å². The fourth-order valence-electron chi connectivity index (χ4n) is 4.12. The van der Waals surface area contributed by atoms with Crippen LogP contribution in [0.5, 0.6) is 0 Å². The van der Waals surface area contributed by atoms with E-state index in [1.54, 1.807) is 23.1 Å². The van der Waals surface area contributed by atoms with Crippen LogP contribution in [0.4, 0.5) is 24.5 Å². The zero-order chi connectivity index (χ0) is 22.8. The first-order valence-corrected chi connectivity index (χ1v) is 9.85. The third-order valence-electron chi connectivity index (χ3n) is 5.73. The first kappa shape index (κ1) is 20.6. The van der Waals surface area contributed by atoms with Gasteiger partial charge >= 0.3 is 12.1 Å². The molecule has 32 heavy (non-hydrogen) atoms. The molecular formula is C20H13F3N4O4S. The molecule has 164 valence electrons. The smallest absolute Gasteiger partial charge is 0.419 e. The number of carbonyl (C=O) groups is 2. The molecule has 5 rings (SSSR count). The van der Waals surface area contributed by atoms with Crippen LogP contribution in [0.1, 0.15) is 27.2 Å². The van der Waals surface area contributed by atoms with E-state index < -0.39 is 40.3 Å². The average molecular weight is 462 g/mol. The van der Waals surface area contributed by atoms with E-state index in [2.05, 4.69) is 17.6 Å². The van der Waals surface area contributed by atoms with Gasteiger partial charge in [-0.1, -0.05) is 0 Å². The molecular weight excluding hydrogens is 449 g/mol. The lowest BCUT2D eigenvalue weighted by Gasteiger charge is -2.44. The summed E-state index contributed by atoms with van der Waals surface area (Å²) in [5, 5.41) is 8.99. The molecule has 1 amide bonds. The third kappa shape index (κ3) is 2.78. The highest BCUT2D eigenvalue weighted by molar-refractivity contribution is 7.81. The van der Waals surface area contributed by atoms with Gasteiger partial charge in [-0.05, 0) is 24.3 Å². The second-order valence-corrected chi connectivity index (χ2v) is 7.99. The van der Waals surface area contributed by atoms with Crippen molar-refractivity contribution in [2.45, 2.75) is 23.8 Å². The van der Waals surface area contributed by atoms with Gasteiger partial charge in [0.15, 0.2) is 16.7 Å². The van der Waals surface area contributed by atoms with E-state index in [0.29, 0.717) is 16.8 Å². The molecule has 1 atom stereocenters. The van der Waals surface area contributed by atoms with Gasteiger partial charge in [0.25, 0.3) is 5.91 Å². The molecule has 0 radical (unpaired) electrons. The van der Waals surface area contributed by atoms with Gasteiger partial charge in [0.05, 0.1) is 36.2 Å². The number of carbonyl (C=O) groups excluding carboxylic acids is 2. The van der Waals surface area contributed by atoms with Crippen LogP contribution in [-0.2, 0) is 27.1 Å². The molecule has 0 bridgehead atoms. The molecule has 0 saturated carbocycles. The van der Waals surface area contributed by atoms with Crippen molar-refractivity contribution in [2.24, 2.45) is 0 Å². The first-order chi connectivity index (χ1) is 15.2. The highest BCUT2D eigenvalue weighted by Gasteiger charge is 2.62. The molecule has 1 spiro atoms. The van der Waals surface area contributed by atoms with Gasteiger partial charge in [-0.25, -0.2) is 9.78 Å². The van der Waals surface area contributed by atoms with Crippen LogP contribution in [0.3, 0.4) is 0 Å². The normalized spacial score (nSPS) is 21.4. The van der Waals surface area contributed by atoms with Crippen molar-refractivity contribution in [3.63, 3.8) is 0 Å². The summed E-state index contributed by atoms with van der Waals surface area (Å²) in [6, 6.07) is 7.04. The molecule has 2 saturated heterocycles. The SMILES string of the molecule is N#Cc1ncc(N2C(=O)C3(COC3)N(c3ccc4c(c3)COC4=O)C2S)cc1C(F)(F)F. The summed E-state index contributed by atoms with van der Waals surface area (Å²) >= 11 is 4.55. The van der Waals surface area contributed by atoms with Gasteiger partial charge in [0, 0.05) is 11.3 Å². The molecule has 1 unspecified atom stereocenters. The number of thiol groups is 1. The van der Waals surface area contributed by atoms with Gasteiger partial charge in [-0.2, -0.15) is 18.4 Å². The number of rotatable bonds is 2. The van der Waals surface area contributed by atoms with Crippen molar-refractivity contribution >= 4 is 35.9 Å². The highest BCUT2D eigenvalue weighted by Crippen LogP contribution is 2.45. The number of aromatic nitrogens is 1. The summed E-state index contributed by atoms with van der Waals surface area (Å²) in [4.78, 5) is 31.5. The van der Waals surface area contributed by atoms with Crippen LogP contribution in [0.2, 0.25) is 0 Å². The van der Waals surface area contributed by atoms with Gasteiger partial charge in [-0.15, -0.1) is 12.6 Å². The van der Waals surface area contributed by atoms with Crippen LogP contribution >= 0.6 is 12.6 Å². The lowest BCUT2D eigenvalue weighted by molar-refractivity contribution is -0.138. The number of ether oxygens (including phenoxy) is 2. The number of hydrogen-bond donors (Lipinski definition) is 1. The molecule has 1 aromatic carbocycles. The predicted octanol–water partition coefficient (Wildman–Crippen LogP) is 2.48. The quantitative estimate of drug-likeness (QED) is 0.541. The highest BCUT2D eigenvalue weighted by atomic mass is 32.1. The molecule has 12 heteroatoms. The Morgan fingerprint density at radius 1 is 1.22 bits per heavy atom. The number of cyclic esters (lactones) is 1. The summed E-state index contributed by atoms with van der Waals surface area (Å²) in [7, 11) is 0. The number of nitriles is 1. The van der Waals surface area contributed by atoms with Crippen LogP contribution in [-0.4, -0.2) is 41.1 Å². The van der Waals surface area contributed by atoms with Gasteiger partial charge in [0.1, 0.15) is 12.7 Å². The Morgan fingerprint density at radius 2 is 1.97 bits per heavy atom. The molecule has 4 heterocycles. The number of hydrogen-bond acceptors (Lipinski definition) is 8. The van der Waals surface area contributed by atoms with Crippen molar-refractivity contribution in [3.05, 3.63) is 52.8 Å². The molecule has 0 aliphatic carbocycles. The summed E-state index contributed by atoms with van der Waals surface area (Å²) in [6.45, 7) is 0.117. The Labute approximate surface area is 184 Å². The maximum Gasteiger partial charge on any atom is 0.419 e. The lowest BCUT2D eigenvalue weighted by atomic mass is 9.94. The minimum atomic E-state index is -4.83. The summed E-state index contributed by atoms with van der Waals surface area (Å²) in [5.74, 6) is -0.950. The second kappa shape index (κ2) is 6.85. The zero-order valence-corrected chi connectivity index (χ0v) is 17.0. The van der Waals surface area contributed by atoms with E-state index in [1.807, 2.05) is 0 Å². The van der Waals surface area contributed by atoms with E-state index in [1.165, 1.54) is 6.07 Å². The fourth-order valence-corrected chi connectivity index (χ4v) is 4.71. The Hall–Kier alpha value is -3.30.